The fraction of sp³-hybridized carbons (Fsp3) is 0.0769. The minimum Gasteiger partial charge on any atom is -0.497 e. The fourth-order valence-corrected chi connectivity index (χ4v) is 2.09. The summed E-state index contributed by atoms with van der Waals surface area (Å²) < 4.78 is 5.17. The maximum Gasteiger partial charge on any atom is 0.356 e. The summed E-state index contributed by atoms with van der Waals surface area (Å²) >= 11 is 0. The predicted octanol–water partition coefficient (Wildman–Crippen LogP) is 2.42. The van der Waals surface area contributed by atoms with Crippen molar-refractivity contribution in [2.45, 2.75) is 0 Å². The number of nitrogens with one attached hydrogen (secondary N) is 1. The van der Waals surface area contributed by atoms with E-state index < -0.39 is 5.97 Å². The van der Waals surface area contributed by atoms with Crippen LogP contribution in [0, 0.1) is 0 Å². The highest BCUT2D eigenvalue weighted by Crippen LogP contribution is 2.29. The molecule has 0 saturated heterocycles. The van der Waals surface area contributed by atoms with E-state index in [1.165, 1.54) is 6.20 Å². The molecule has 0 amide bonds. The van der Waals surface area contributed by atoms with Crippen molar-refractivity contribution in [3.05, 3.63) is 36.2 Å². The van der Waals surface area contributed by atoms with Crippen LogP contribution in [0.1, 0.15) is 10.5 Å². The summed E-state index contributed by atoms with van der Waals surface area (Å²) in [5, 5.41) is 10.9. The highest BCUT2D eigenvalue weighted by molar-refractivity contribution is 6.12. The number of aromatic amines is 1. The zero-order valence-electron chi connectivity index (χ0n) is 9.60. The summed E-state index contributed by atoms with van der Waals surface area (Å²) in [6.07, 6.45) is 1.50. The van der Waals surface area contributed by atoms with Gasteiger partial charge in [-0.3, -0.25) is 0 Å². The van der Waals surface area contributed by atoms with Crippen LogP contribution < -0.4 is 4.74 Å². The van der Waals surface area contributed by atoms with E-state index in [9.17, 15) is 4.79 Å². The van der Waals surface area contributed by atoms with E-state index in [1.54, 1.807) is 13.2 Å². The second-order valence-electron chi connectivity index (χ2n) is 3.92. The summed E-state index contributed by atoms with van der Waals surface area (Å²) in [5.41, 5.74) is 1.43. The van der Waals surface area contributed by atoms with Gasteiger partial charge < -0.3 is 14.8 Å². The molecule has 0 unspecified atom stereocenters. The minimum atomic E-state index is -1.04. The first-order chi connectivity index (χ1) is 8.70. The van der Waals surface area contributed by atoms with Gasteiger partial charge in [0.15, 0.2) is 5.69 Å². The number of pyridine rings is 1. The molecule has 2 heterocycles. The number of nitrogens with zero attached hydrogens (tertiary/aromatic N) is 1. The van der Waals surface area contributed by atoms with Crippen molar-refractivity contribution in [2.24, 2.45) is 0 Å². The second-order valence-corrected chi connectivity index (χ2v) is 3.92. The lowest BCUT2D eigenvalue weighted by atomic mass is 10.1. The molecule has 18 heavy (non-hydrogen) atoms. The van der Waals surface area contributed by atoms with E-state index in [0.717, 1.165) is 22.0 Å². The Morgan fingerprint density at radius 1 is 1.33 bits per heavy atom. The molecule has 2 N–H and O–H groups in total. The maximum atomic E-state index is 11.1. The number of rotatable bonds is 2. The number of carbonyl (C=O) groups is 1. The van der Waals surface area contributed by atoms with Crippen LogP contribution in [-0.4, -0.2) is 28.2 Å². The maximum absolute atomic E-state index is 11.1. The summed E-state index contributed by atoms with van der Waals surface area (Å²) in [5.74, 6) is -0.309. The first kappa shape index (κ1) is 10.6. The molecule has 0 aliphatic rings. The molecular formula is C13H10N2O3. The number of methoxy groups -OCH3 is 1. The number of aromatic nitrogens is 2. The van der Waals surface area contributed by atoms with Crippen molar-refractivity contribution >= 4 is 27.8 Å². The Balaban J connectivity index is 2.43. The van der Waals surface area contributed by atoms with Crippen LogP contribution in [0.15, 0.2) is 30.5 Å². The third-order valence-electron chi connectivity index (χ3n) is 2.93. The molecule has 0 spiro atoms. The number of aromatic carboxylic acids is 1. The Morgan fingerprint density at radius 2 is 2.17 bits per heavy atom. The molecule has 3 aromatic rings. The molecule has 5 nitrogen and oxygen atoms in total. The van der Waals surface area contributed by atoms with E-state index in [0.29, 0.717) is 5.52 Å². The van der Waals surface area contributed by atoms with Gasteiger partial charge in [0, 0.05) is 22.5 Å². The first-order valence-electron chi connectivity index (χ1n) is 5.38. The number of carboxylic acid groups (broad SMARTS) is 1. The van der Waals surface area contributed by atoms with E-state index in [4.69, 9.17) is 9.84 Å². The second kappa shape index (κ2) is 3.73. The van der Waals surface area contributed by atoms with Crippen LogP contribution >= 0.6 is 0 Å². The van der Waals surface area contributed by atoms with Gasteiger partial charge in [-0.05, 0) is 24.3 Å². The van der Waals surface area contributed by atoms with Crippen LogP contribution in [0.5, 0.6) is 5.75 Å². The average Bonchev–Trinajstić information content (AvgIpc) is 2.75. The largest absolute Gasteiger partial charge is 0.497 e. The highest BCUT2D eigenvalue weighted by Gasteiger charge is 2.14. The molecule has 90 valence electrons. The Morgan fingerprint density at radius 3 is 2.89 bits per heavy atom. The number of hydrogen-bond donors (Lipinski definition) is 2. The van der Waals surface area contributed by atoms with Crippen LogP contribution in [-0.2, 0) is 0 Å². The minimum absolute atomic E-state index is 0.0302. The molecule has 0 fully saturated rings. The van der Waals surface area contributed by atoms with Crippen molar-refractivity contribution in [1.82, 2.24) is 9.97 Å². The molecule has 0 bridgehead atoms. The molecular weight excluding hydrogens is 232 g/mol. The van der Waals surface area contributed by atoms with E-state index in [2.05, 4.69) is 9.97 Å². The Kier molecular flexibility index (Phi) is 2.19. The third-order valence-corrected chi connectivity index (χ3v) is 2.93. The molecule has 0 aliphatic carbocycles. The van der Waals surface area contributed by atoms with Gasteiger partial charge in [0.05, 0.1) is 12.6 Å². The lowest BCUT2D eigenvalue weighted by Crippen LogP contribution is -2.00. The molecule has 5 heteroatoms. The van der Waals surface area contributed by atoms with Crippen molar-refractivity contribution in [3.8, 4) is 5.75 Å². The Hall–Kier alpha value is -2.56. The van der Waals surface area contributed by atoms with Gasteiger partial charge in [0.1, 0.15) is 5.75 Å². The third kappa shape index (κ3) is 1.41. The van der Waals surface area contributed by atoms with E-state index >= 15 is 0 Å². The zero-order chi connectivity index (χ0) is 12.7. The molecule has 0 aliphatic heterocycles. The van der Waals surface area contributed by atoms with Crippen molar-refractivity contribution in [1.29, 1.82) is 0 Å². The molecule has 0 saturated carbocycles. The number of carboxylic acids is 1. The molecule has 1 aromatic carbocycles. The van der Waals surface area contributed by atoms with Gasteiger partial charge in [-0.2, -0.15) is 0 Å². The predicted molar refractivity (Wildman–Crippen MR) is 67.1 cm³/mol. The number of benzene rings is 1. The van der Waals surface area contributed by atoms with Crippen molar-refractivity contribution < 1.29 is 14.6 Å². The monoisotopic (exact) mass is 242 g/mol. The smallest absolute Gasteiger partial charge is 0.356 e. The van der Waals surface area contributed by atoms with Gasteiger partial charge in [0.2, 0.25) is 0 Å². The van der Waals surface area contributed by atoms with E-state index in [1.807, 2.05) is 18.2 Å². The van der Waals surface area contributed by atoms with Crippen LogP contribution in [0.3, 0.4) is 0 Å². The number of ether oxygens (including phenoxy) is 1. The van der Waals surface area contributed by atoms with Crippen LogP contribution in [0.2, 0.25) is 0 Å². The van der Waals surface area contributed by atoms with Crippen LogP contribution in [0.25, 0.3) is 21.8 Å². The summed E-state index contributed by atoms with van der Waals surface area (Å²) in [6, 6.07) is 7.35. The van der Waals surface area contributed by atoms with Gasteiger partial charge in [-0.1, -0.05) is 0 Å². The van der Waals surface area contributed by atoms with E-state index in [-0.39, 0.29) is 5.69 Å². The normalized spacial score (nSPS) is 10.9. The molecule has 0 radical (unpaired) electrons. The summed E-state index contributed by atoms with van der Waals surface area (Å²) in [7, 11) is 1.60. The van der Waals surface area contributed by atoms with Crippen LogP contribution in [0.4, 0.5) is 0 Å². The van der Waals surface area contributed by atoms with Gasteiger partial charge in [0.25, 0.3) is 0 Å². The zero-order valence-corrected chi connectivity index (χ0v) is 9.60. The lowest BCUT2D eigenvalue weighted by Gasteiger charge is -1.98. The highest BCUT2D eigenvalue weighted by atomic mass is 16.5. The Bertz CT molecular complexity index is 761. The van der Waals surface area contributed by atoms with Gasteiger partial charge in [-0.15, -0.1) is 0 Å². The number of hydrogen-bond acceptors (Lipinski definition) is 3. The van der Waals surface area contributed by atoms with Crippen molar-refractivity contribution in [3.63, 3.8) is 0 Å². The molecule has 3 rings (SSSR count). The van der Waals surface area contributed by atoms with Gasteiger partial charge >= 0.3 is 5.97 Å². The Labute approximate surface area is 102 Å². The summed E-state index contributed by atoms with van der Waals surface area (Å²) in [4.78, 5) is 18.1. The quantitative estimate of drug-likeness (QED) is 0.723. The molecule has 0 atom stereocenters. The van der Waals surface area contributed by atoms with Crippen molar-refractivity contribution in [2.75, 3.05) is 7.11 Å². The topological polar surface area (TPSA) is 75.2 Å². The average molecular weight is 242 g/mol. The van der Waals surface area contributed by atoms with Gasteiger partial charge in [-0.25, -0.2) is 9.78 Å². The fourth-order valence-electron chi connectivity index (χ4n) is 2.09. The number of fused-ring (bicyclic) bond motifs is 3. The lowest BCUT2D eigenvalue weighted by molar-refractivity contribution is 0.0692. The standard InChI is InChI=1S/C13H10N2O3/c1-18-7-2-3-10-9(6-7)8-4-5-14-12(13(16)17)11(8)15-10/h2-6,15H,1H3,(H,16,17). The molecule has 2 aromatic heterocycles. The first-order valence-corrected chi connectivity index (χ1v) is 5.38. The summed E-state index contributed by atoms with van der Waals surface area (Å²) in [6.45, 7) is 0. The number of H-pyrrole nitrogens is 1. The SMILES string of the molecule is COc1ccc2[nH]c3c(C(=O)O)nccc3c2c1.